The molecule has 2 nitrogen and oxygen atoms in total. The fraction of sp³-hybridized carbons (Fsp3) is 0.647. The molecule has 0 bridgehead atoms. The van der Waals surface area contributed by atoms with Crippen molar-refractivity contribution in [2.75, 3.05) is 6.54 Å². The van der Waals surface area contributed by atoms with Gasteiger partial charge in [-0.15, -0.1) is 0 Å². The first-order chi connectivity index (χ1) is 9.22. The molecular formula is C17H27NO. The third kappa shape index (κ3) is 3.97. The summed E-state index contributed by atoms with van der Waals surface area (Å²) in [4.78, 5) is 0. The smallest absolute Gasteiger partial charge is 0.119 e. The van der Waals surface area contributed by atoms with Crippen molar-refractivity contribution in [2.45, 2.75) is 58.6 Å². The molecule has 0 radical (unpaired) electrons. The van der Waals surface area contributed by atoms with Crippen LogP contribution in [-0.2, 0) is 6.42 Å². The van der Waals surface area contributed by atoms with Crippen LogP contribution in [0.4, 0.5) is 0 Å². The highest BCUT2D eigenvalue weighted by Gasteiger charge is 2.29. The highest BCUT2D eigenvalue weighted by Crippen LogP contribution is 2.28. The zero-order valence-corrected chi connectivity index (χ0v) is 12.5. The molecule has 1 fully saturated rings. The molecule has 0 saturated heterocycles. The third-order valence-electron chi connectivity index (χ3n) is 4.14. The maximum atomic E-state index is 6.23. The molecule has 2 rings (SSSR count). The standard InChI is InChI=1S/C17H27NO/c1-4-14-7-9-15(10-8-14)19-17-12-13(3)6-11-16(17)18-5-2/h7-10,13,16-18H,4-6,11-12H2,1-3H3. The van der Waals surface area contributed by atoms with Gasteiger partial charge < -0.3 is 10.1 Å². The summed E-state index contributed by atoms with van der Waals surface area (Å²) in [5.74, 6) is 1.79. The quantitative estimate of drug-likeness (QED) is 0.870. The zero-order chi connectivity index (χ0) is 13.7. The molecule has 0 amide bonds. The normalized spacial score (nSPS) is 27.2. The molecule has 1 aliphatic rings. The molecular weight excluding hydrogens is 234 g/mol. The first kappa shape index (κ1) is 14.4. The van der Waals surface area contributed by atoms with Crippen molar-refractivity contribution in [3.05, 3.63) is 29.8 Å². The Balaban J connectivity index is 2.00. The molecule has 0 spiro atoms. The number of nitrogens with one attached hydrogen (secondary N) is 1. The van der Waals surface area contributed by atoms with Gasteiger partial charge in [-0.2, -0.15) is 0 Å². The second kappa shape index (κ2) is 6.95. The minimum Gasteiger partial charge on any atom is -0.489 e. The third-order valence-corrected chi connectivity index (χ3v) is 4.14. The van der Waals surface area contributed by atoms with Crippen molar-refractivity contribution in [1.29, 1.82) is 0 Å². The SMILES string of the molecule is CCNC1CCC(C)CC1Oc1ccc(CC)cc1. The van der Waals surface area contributed by atoms with Crippen LogP contribution in [0.1, 0.15) is 45.6 Å². The maximum Gasteiger partial charge on any atom is 0.119 e. The lowest BCUT2D eigenvalue weighted by Crippen LogP contribution is -2.46. The Bertz CT molecular complexity index is 373. The van der Waals surface area contributed by atoms with E-state index >= 15 is 0 Å². The van der Waals surface area contributed by atoms with Gasteiger partial charge in [-0.1, -0.05) is 32.9 Å². The van der Waals surface area contributed by atoms with Gasteiger partial charge in [0.25, 0.3) is 0 Å². The van der Waals surface area contributed by atoms with Crippen molar-refractivity contribution in [1.82, 2.24) is 5.32 Å². The Hall–Kier alpha value is -1.02. The van der Waals surface area contributed by atoms with Crippen LogP contribution in [-0.4, -0.2) is 18.7 Å². The summed E-state index contributed by atoms with van der Waals surface area (Å²) in [5.41, 5.74) is 1.37. The molecule has 0 aliphatic heterocycles. The number of hydrogen-bond acceptors (Lipinski definition) is 2. The van der Waals surface area contributed by atoms with E-state index in [1.54, 1.807) is 0 Å². The van der Waals surface area contributed by atoms with Gasteiger partial charge in [0.15, 0.2) is 0 Å². The maximum absolute atomic E-state index is 6.23. The van der Waals surface area contributed by atoms with E-state index in [1.807, 2.05) is 0 Å². The van der Waals surface area contributed by atoms with E-state index in [9.17, 15) is 0 Å². The van der Waals surface area contributed by atoms with Crippen LogP contribution in [0.25, 0.3) is 0 Å². The number of ether oxygens (including phenoxy) is 1. The van der Waals surface area contributed by atoms with Crippen LogP contribution >= 0.6 is 0 Å². The Morgan fingerprint density at radius 3 is 2.53 bits per heavy atom. The predicted octanol–water partition coefficient (Wildman–Crippen LogP) is 3.79. The van der Waals surface area contributed by atoms with Crippen molar-refractivity contribution in [3.8, 4) is 5.75 Å². The first-order valence-corrected chi connectivity index (χ1v) is 7.71. The van der Waals surface area contributed by atoms with Gasteiger partial charge >= 0.3 is 0 Å². The van der Waals surface area contributed by atoms with Crippen molar-refractivity contribution >= 4 is 0 Å². The van der Waals surface area contributed by atoms with Crippen LogP contribution in [0.15, 0.2) is 24.3 Å². The van der Waals surface area contributed by atoms with Crippen LogP contribution in [0, 0.1) is 5.92 Å². The second-order valence-corrected chi connectivity index (χ2v) is 5.74. The topological polar surface area (TPSA) is 21.3 Å². The second-order valence-electron chi connectivity index (χ2n) is 5.74. The van der Waals surface area contributed by atoms with Gasteiger partial charge in [-0.05, 0) is 55.8 Å². The number of rotatable bonds is 5. The molecule has 2 heteroatoms. The lowest BCUT2D eigenvalue weighted by molar-refractivity contribution is 0.0916. The number of likely N-dealkylation sites (N-methyl/N-ethyl adjacent to an activating group) is 1. The summed E-state index contributed by atoms with van der Waals surface area (Å²) in [6, 6.07) is 9.07. The molecule has 0 heterocycles. The average molecular weight is 261 g/mol. The predicted molar refractivity (Wildman–Crippen MR) is 80.7 cm³/mol. The molecule has 1 N–H and O–H groups in total. The highest BCUT2D eigenvalue weighted by molar-refractivity contribution is 5.27. The van der Waals surface area contributed by atoms with E-state index in [1.165, 1.54) is 18.4 Å². The van der Waals surface area contributed by atoms with Crippen LogP contribution in [0.5, 0.6) is 5.75 Å². The fourth-order valence-corrected chi connectivity index (χ4v) is 2.93. The lowest BCUT2D eigenvalue weighted by Gasteiger charge is -2.35. The van der Waals surface area contributed by atoms with Crippen molar-refractivity contribution in [3.63, 3.8) is 0 Å². The monoisotopic (exact) mass is 261 g/mol. The van der Waals surface area contributed by atoms with Crippen molar-refractivity contribution < 1.29 is 4.74 Å². The van der Waals surface area contributed by atoms with Crippen LogP contribution in [0.2, 0.25) is 0 Å². The average Bonchev–Trinajstić information content (AvgIpc) is 2.43. The summed E-state index contributed by atoms with van der Waals surface area (Å²) in [5, 5.41) is 3.57. The Morgan fingerprint density at radius 1 is 1.16 bits per heavy atom. The highest BCUT2D eigenvalue weighted by atomic mass is 16.5. The number of hydrogen-bond donors (Lipinski definition) is 1. The van der Waals surface area contributed by atoms with E-state index in [0.717, 1.165) is 31.1 Å². The number of benzene rings is 1. The van der Waals surface area contributed by atoms with Gasteiger partial charge in [0.05, 0.1) is 0 Å². The minimum absolute atomic E-state index is 0.316. The molecule has 1 aliphatic carbocycles. The van der Waals surface area contributed by atoms with E-state index in [-0.39, 0.29) is 0 Å². The van der Waals surface area contributed by atoms with Gasteiger partial charge in [-0.3, -0.25) is 0 Å². The Morgan fingerprint density at radius 2 is 1.89 bits per heavy atom. The molecule has 3 unspecified atom stereocenters. The van der Waals surface area contributed by atoms with Crippen LogP contribution < -0.4 is 10.1 Å². The summed E-state index contributed by atoms with van der Waals surface area (Å²) < 4.78 is 6.23. The number of aryl methyl sites for hydroxylation is 1. The van der Waals surface area contributed by atoms with E-state index in [0.29, 0.717) is 12.1 Å². The summed E-state index contributed by atoms with van der Waals surface area (Å²) >= 11 is 0. The Labute approximate surface area is 117 Å². The summed E-state index contributed by atoms with van der Waals surface area (Å²) in [6.45, 7) is 7.71. The van der Waals surface area contributed by atoms with E-state index in [4.69, 9.17) is 4.74 Å². The largest absolute Gasteiger partial charge is 0.489 e. The summed E-state index contributed by atoms with van der Waals surface area (Å²) in [7, 11) is 0. The van der Waals surface area contributed by atoms with Gasteiger partial charge in [0.2, 0.25) is 0 Å². The molecule has 1 saturated carbocycles. The van der Waals surface area contributed by atoms with E-state index < -0.39 is 0 Å². The Kier molecular flexibility index (Phi) is 5.26. The molecule has 19 heavy (non-hydrogen) atoms. The molecule has 1 aromatic carbocycles. The zero-order valence-electron chi connectivity index (χ0n) is 12.5. The van der Waals surface area contributed by atoms with Crippen LogP contribution in [0.3, 0.4) is 0 Å². The fourth-order valence-electron chi connectivity index (χ4n) is 2.93. The minimum atomic E-state index is 0.316. The molecule has 0 aromatic heterocycles. The van der Waals surface area contributed by atoms with Gasteiger partial charge in [-0.25, -0.2) is 0 Å². The van der Waals surface area contributed by atoms with Gasteiger partial charge in [0.1, 0.15) is 11.9 Å². The lowest BCUT2D eigenvalue weighted by atomic mass is 9.85. The molecule has 3 atom stereocenters. The molecule has 106 valence electrons. The van der Waals surface area contributed by atoms with Crippen molar-refractivity contribution in [2.24, 2.45) is 5.92 Å². The molecule has 1 aromatic rings. The summed E-state index contributed by atoms with van der Waals surface area (Å²) in [6.07, 6.45) is 5.10. The van der Waals surface area contributed by atoms with Gasteiger partial charge in [0, 0.05) is 6.04 Å². The first-order valence-electron chi connectivity index (χ1n) is 7.71. The van der Waals surface area contributed by atoms with E-state index in [2.05, 4.69) is 50.4 Å².